The van der Waals surface area contributed by atoms with Crippen molar-refractivity contribution in [3.8, 4) is 0 Å². The standard InChI is InChI=1S/C3H4O2Si/c4-3(5)2-1-6-2/h1H,6H2,(H,4,5). The van der Waals surface area contributed by atoms with Crippen LogP contribution in [-0.4, -0.2) is 20.6 Å². The van der Waals surface area contributed by atoms with Crippen LogP contribution in [0.4, 0.5) is 0 Å². The third-order valence-corrected chi connectivity index (χ3v) is 1.80. The number of carbonyl (C=O) groups is 1. The Hall–Kier alpha value is -0.573. The summed E-state index contributed by atoms with van der Waals surface area (Å²) < 4.78 is 0. The fraction of sp³-hybridized carbons (Fsp3) is 0. The Balaban J connectivity index is 2.52. The van der Waals surface area contributed by atoms with Gasteiger partial charge >= 0.3 is 5.97 Å². The van der Waals surface area contributed by atoms with E-state index in [0.717, 1.165) is 0 Å². The highest BCUT2D eigenvalue weighted by atomic mass is 28.2. The number of rotatable bonds is 1. The van der Waals surface area contributed by atoms with Gasteiger partial charge in [-0.1, -0.05) is 5.70 Å². The van der Waals surface area contributed by atoms with Crippen LogP contribution in [-0.2, 0) is 4.79 Å². The number of carboxylic acid groups (broad SMARTS) is 1. The van der Waals surface area contributed by atoms with E-state index in [9.17, 15) is 4.79 Å². The maximum absolute atomic E-state index is 9.73. The van der Waals surface area contributed by atoms with Gasteiger partial charge in [0.25, 0.3) is 0 Å². The van der Waals surface area contributed by atoms with E-state index in [1.165, 1.54) is 0 Å². The highest BCUT2D eigenvalue weighted by Gasteiger charge is 2.14. The van der Waals surface area contributed by atoms with Crippen molar-refractivity contribution in [2.24, 2.45) is 0 Å². The van der Waals surface area contributed by atoms with Crippen molar-refractivity contribution in [1.29, 1.82) is 0 Å². The molecular formula is C3H4O2Si. The minimum absolute atomic E-state index is 0.275. The van der Waals surface area contributed by atoms with E-state index in [-0.39, 0.29) is 9.52 Å². The van der Waals surface area contributed by atoms with Gasteiger partial charge in [0.1, 0.15) is 0 Å². The lowest BCUT2D eigenvalue weighted by molar-refractivity contribution is -0.131. The molecule has 0 bridgehead atoms. The third kappa shape index (κ3) is 0.489. The molecule has 1 aliphatic rings. The normalized spacial score (nSPS) is 20.3. The van der Waals surface area contributed by atoms with Crippen molar-refractivity contribution < 1.29 is 9.90 Å². The van der Waals surface area contributed by atoms with E-state index in [1.807, 2.05) is 5.70 Å². The topological polar surface area (TPSA) is 37.3 Å². The largest absolute Gasteiger partial charge is 0.478 e. The van der Waals surface area contributed by atoms with Gasteiger partial charge in [-0.05, 0) is 0 Å². The average molecular weight is 100 g/mol. The fourth-order valence-corrected chi connectivity index (χ4v) is 0.677. The summed E-state index contributed by atoms with van der Waals surface area (Å²) in [5.74, 6) is -0.707. The molecule has 0 radical (unpaired) electrons. The van der Waals surface area contributed by atoms with Gasteiger partial charge in [0.2, 0.25) is 0 Å². The lowest BCUT2D eigenvalue weighted by Crippen LogP contribution is -1.90. The van der Waals surface area contributed by atoms with Crippen molar-refractivity contribution in [2.75, 3.05) is 0 Å². The van der Waals surface area contributed by atoms with E-state index in [2.05, 4.69) is 0 Å². The molecule has 1 rings (SSSR count). The van der Waals surface area contributed by atoms with Gasteiger partial charge in [0, 0.05) is 5.20 Å². The van der Waals surface area contributed by atoms with E-state index in [1.54, 1.807) is 0 Å². The van der Waals surface area contributed by atoms with Crippen LogP contribution in [0.2, 0.25) is 0 Å². The van der Waals surface area contributed by atoms with Gasteiger partial charge in [-0.2, -0.15) is 0 Å². The van der Waals surface area contributed by atoms with Gasteiger partial charge in [0.15, 0.2) is 0 Å². The summed E-state index contributed by atoms with van der Waals surface area (Å²) in [6.07, 6.45) is 0. The maximum atomic E-state index is 9.73. The number of hydrogen-bond acceptors (Lipinski definition) is 1. The predicted molar refractivity (Wildman–Crippen MR) is 24.3 cm³/mol. The minimum Gasteiger partial charge on any atom is -0.478 e. The SMILES string of the molecule is O=C(O)C1=C[SiH2]1. The molecule has 0 aromatic rings. The van der Waals surface area contributed by atoms with Crippen LogP contribution in [0, 0.1) is 0 Å². The second kappa shape index (κ2) is 0.943. The Bertz CT molecular complexity index is 116. The lowest BCUT2D eigenvalue weighted by Gasteiger charge is -1.71. The quantitative estimate of drug-likeness (QED) is 0.433. The summed E-state index contributed by atoms with van der Waals surface area (Å²) in [4.78, 5) is 9.73. The van der Waals surface area contributed by atoms with E-state index < -0.39 is 5.97 Å². The fourth-order valence-electron chi connectivity index (χ4n) is 0.226. The Labute approximate surface area is 37.3 Å². The van der Waals surface area contributed by atoms with Crippen molar-refractivity contribution in [3.05, 3.63) is 10.9 Å². The van der Waals surface area contributed by atoms with E-state index >= 15 is 0 Å². The molecule has 3 heteroatoms. The van der Waals surface area contributed by atoms with Crippen molar-refractivity contribution in [1.82, 2.24) is 0 Å². The second-order valence-electron chi connectivity index (χ2n) is 1.24. The van der Waals surface area contributed by atoms with Crippen LogP contribution < -0.4 is 0 Å². The summed E-state index contributed by atoms with van der Waals surface area (Å²) in [6, 6.07) is 0. The molecule has 1 N–H and O–H groups in total. The van der Waals surface area contributed by atoms with Gasteiger partial charge in [-0.3, -0.25) is 0 Å². The lowest BCUT2D eigenvalue weighted by atomic mass is 10.7. The molecule has 2 nitrogen and oxygen atoms in total. The van der Waals surface area contributed by atoms with E-state index in [0.29, 0.717) is 5.20 Å². The van der Waals surface area contributed by atoms with Crippen LogP contribution >= 0.6 is 0 Å². The molecule has 0 aliphatic carbocycles. The molecule has 0 aromatic carbocycles. The molecule has 1 heterocycles. The molecule has 0 saturated heterocycles. The Kier molecular flexibility index (Phi) is 0.567. The van der Waals surface area contributed by atoms with E-state index in [4.69, 9.17) is 5.11 Å². The Morgan fingerprint density at radius 3 is 2.50 bits per heavy atom. The van der Waals surface area contributed by atoms with Crippen LogP contribution in [0.5, 0.6) is 0 Å². The highest BCUT2D eigenvalue weighted by molar-refractivity contribution is 6.70. The predicted octanol–water partition coefficient (Wildman–Crippen LogP) is -0.905. The number of carboxylic acids is 1. The zero-order valence-corrected chi connectivity index (χ0v) is 4.55. The molecule has 0 unspecified atom stereocenters. The molecule has 0 spiro atoms. The number of hydrogen-bond donors (Lipinski definition) is 1. The molecule has 0 amide bonds. The summed E-state index contributed by atoms with van der Waals surface area (Å²) in [6.45, 7) is 0. The molecule has 6 heavy (non-hydrogen) atoms. The van der Waals surface area contributed by atoms with Crippen LogP contribution in [0.15, 0.2) is 10.9 Å². The summed E-state index contributed by atoms with van der Waals surface area (Å²) in [7, 11) is -0.275. The zero-order valence-electron chi connectivity index (χ0n) is 3.14. The van der Waals surface area contributed by atoms with Crippen molar-refractivity contribution in [2.45, 2.75) is 0 Å². The highest BCUT2D eigenvalue weighted by Crippen LogP contribution is 2.03. The first-order valence-electron chi connectivity index (χ1n) is 1.73. The zero-order chi connectivity index (χ0) is 4.57. The van der Waals surface area contributed by atoms with Crippen molar-refractivity contribution >= 4 is 15.5 Å². The van der Waals surface area contributed by atoms with Gasteiger partial charge in [-0.25, -0.2) is 4.79 Å². The van der Waals surface area contributed by atoms with Crippen LogP contribution in [0.25, 0.3) is 0 Å². The molecule has 0 fully saturated rings. The molecule has 32 valence electrons. The van der Waals surface area contributed by atoms with Gasteiger partial charge < -0.3 is 5.11 Å². The molecule has 0 atom stereocenters. The number of aliphatic carboxylic acids is 1. The molecule has 0 aromatic heterocycles. The first kappa shape index (κ1) is 3.61. The summed E-state index contributed by atoms with van der Waals surface area (Å²) in [5, 5.41) is 8.71. The molecule has 1 aliphatic heterocycles. The monoisotopic (exact) mass is 100.0 g/mol. The van der Waals surface area contributed by atoms with Crippen molar-refractivity contribution in [3.63, 3.8) is 0 Å². The Morgan fingerprint density at radius 2 is 2.50 bits per heavy atom. The van der Waals surface area contributed by atoms with Gasteiger partial charge in [0.05, 0.1) is 9.52 Å². The first-order valence-corrected chi connectivity index (χ1v) is 3.25. The van der Waals surface area contributed by atoms with Crippen LogP contribution in [0.1, 0.15) is 0 Å². The summed E-state index contributed by atoms with van der Waals surface area (Å²) in [5.41, 5.74) is 1.82. The minimum atomic E-state index is -0.707. The second-order valence-corrected chi connectivity index (χ2v) is 2.82. The van der Waals surface area contributed by atoms with Gasteiger partial charge in [-0.15, -0.1) is 0 Å². The molecular weight excluding hydrogens is 96.1 g/mol. The smallest absolute Gasteiger partial charge is 0.326 e. The molecule has 0 saturated carbocycles. The average Bonchev–Trinajstić information content (AvgIpc) is 2.06. The maximum Gasteiger partial charge on any atom is 0.326 e. The summed E-state index contributed by atoms with van der Waals surface area (Å²) >= 11 is 0. The Morgan fingerprint density at radius 1 is 2.00 bits per heavy atom. The first-order chi connectivity index (χ1) is 2.80. The van der Waals surface area contributed by atoms with Crippen LogP contribution in [0.3, 0.4) is 0 Å². The third-order valence-electron chi connectivity index (χ3n) is 0.683.